The van der Waals surface area contributed by atoms with E-state index in [1.54, 1.807) is 0 Å². The topological polar surface area (TPSA) is 46.2 Å². The zero-order valence-corrected chi connectivity index (χ0v) is 9.79. The molecule has 0 radical (unpaired) electrons. The third-order valence-electron chi connectivity index (χ3n) is 1.77. The lowest BCUT2D eigenvalue weighted by Crippen LogP contribution is -2.36. The van der Waals surface area contributed by atoms with E-state index in [-0.39, 0.29) is 11.8 Å². The summed E-state index contributed by atoms with van der Waals surface area (Å²) in [6.07, 6.45) is 2.13. The van der Waals surface area contributed by atoms with E-state index in [4.69, 9.17) is 11.6 Å². The van der Waals surface area contributed by atoms with Crippen LogP contribution in [-0.4, -0.2) is 26.1 Å². The summed E-state index contributed by atoms with van der Waals surface area (Å²) in [4.78, 5) is 0. The van der Waals surface area contributed by atoms with Gasteiger partial charge in [0, 0.05) is 11.9 Å². The number of hydrogen-bond acceptors (Lipinski definition) is 2. The van der Waals surface area contributed by atoms with Crippen LogP contribution in [0.25, 0.3) is 0 Å². The third-order valence-corrected chi connectivity index (χ3v) is 3.63. The van der Waals surface area contributed by atoms with Gasteiger partial charge in [-0.05, 0) is 19.3 Å². The van der Waals surface area contributed by atoms with Crippen molar-refractivity contribution in [3.05, 3.63) is 0 Å². The summed E-state index contributed by atoms with van der Waals surface area (Å²) >= 11 is 5.55. The second-order valence-corrected chi connectivity index (χ2v) is 5.27. The van der Waals surface area contributed by atoms with E-state index in [1.165, 1.54) is 0 Å². The first kappa shape index (κ1) is 13.2. The molecule has 5 heteroatoms. The molecule has 0 fully saturated rings. The van der Waals surface area contributed by atoms with Crippen molar-refractivity contribution < 1.29 is 8.42 Å². The molecular weight excluding hydrogens is 210 g/mol. The Hall–Kier alpha value is 0.200. The van der Waals surface area contributed by atoms with Crippen LogP contribution in [0.3, 0.4) is 0 Å². The van der Waals surface area contributed by atoms with Gasteiger partial charge in [-0.2, -0.15) is 0 Å². The van der Waals surface area contributed by atoms with Gasteiger partial charge >= 0.3 is 0 Å². The molecule has 0 saturated heterocycles. The van der Waals surface area contributed by atoms with Gasteiger partial charge in [0.15, 0.2) is 0 Å². The molecule has 0 aromatic rings. The van der Waals surface area contributed by atoms with Gasteiger partial charge in [0.2, 0.25) is 10.0 Å². The van der Waals surface area contributed by atoms with Gasteiger partial charge in [-0.1, -0.05) is 13.8 Å². The van der Waals surface area contributed by atoms with Crippen LogP contribution in [0, 0.1) is 0 Å². The molecule has 0 aromatic carbocycles. The van der Waals surface area contributed by atoms with Crippen LogP contribution >= 0.6 is 11.6 Å². The molecule has 3 nitrogen and oxygen atoms in total. The number of rotatable bonds is 7. The standard InChI is InChI=1S/C8H18ClNO2S/c1-3-7-13(11,12)10-8(4-2)5-6-9/h8,10H,3-7H2,1-2H3. The molecule has 0 aliphatic carbocycles. The average molecular weight is 228 g/mol. The molecule has 0 amide bonds. The minimum Gasteiger partial charge on any atom is -0.212 e. The van der Waals surface area contributed by atoms with E-state index in [9.17, 15) is 8.42 Å². The molecule has 0 aliphatic rings. The Bertz CT molecular complexity index is 216. The Kier molecular flexibility index (Phi) is 6.73. The number of sulfonamides is 1. The maximum absolute atomic E-state index is 11.3. The van der Waals surface area contributed by atoms with Crippen molar-refractivity contribution >= 4 is 21.6 Å². The van der Waals surface area contributed by atoms with Crippen molar-refractivity contribution in [2.24, 2.45) is 0 Å². The van der Waals surface area contributed by atoms with Crippen molar-refractivity contribution in [1.29, 1.82) is 0 Å². The molecule has 0 rings (SSSR count). The van der Waals surface area contributed by atoms with E-state index in [0.29, 0.717) is 18.7 Å². The number of halogens is 1. The number of nitrogens with one attached hydrogen (secondary N) is 1. The quantitative estimate of drug-likeness (QED) is 0.674. The largest absolute Gasteiger partial charge is 0.212 e. The highest BCUT2D eigenvalue weighted by atomic mass is 35.5. The molecule has 0 heterocycles. The van der Waals surface area contributed by atoms with E-state index in [0.717, 1.165) is 6.42 Å². The van der Waals surface area contributed by atoms with Gasteiger partial charge in [0.05, 0.1) is 5.75 Å². The zero-order chi connectivity index (χ0) is 10.3. The maximum Gasteiger partial charge on any atom is 0.211 e. The minimum absolute atomic E-state index is 0.00551. The molecule has 0 spiro atoms. The highest BCUT2D eigenvalue weighted by Crippen LogP contribution is 2.02. The van der Waals surface area contributed by atoms with Crippen molar-refractivity contribution in [1.82, 2.24) is 4.72 Å². The highest BCUT2D eigenvalue weighted by molar-refractivity contribution is 7.89. The molecule has 0 aromatic heterocycles. The third kappa shape index (κ3) is 6.29. The van der Waals surface area contributed by atoms with E-state index in [1.807, 2.05) is 13.8 Å². The van der Waals surface area contributed by atoms with Gasteiger partial charge in [-0.15, -0.1) is 11.6 Å². The van der Waals surface area contributed by atoms with Gasteiger partial charge in [-0.25, -0.2) is 13.1 Å². The summed E-state index contributed by atoms with van der Waals surface area (Å²) < 4.78 is 25.3. The maximum atomic E-state index is 11.3. The van der Waals surface area contributed by atoms with Gasteiger partial charge in [-0.3, -0.25) is 0 Å². The van der Waals surface area contributed by atoms with Crippen LogP contribution in [0.4, 0.5) is 0 Å². The molecule has 1 N–H and O–H groups in total. The highest BCUT2D eigenvalue weighted by Gasteiger charge is 2.14. The van der Waals surface area contributed by atoms with Gasteiger partial charge in [0.1, 0.15) is 0 Å². The molecule has 13 heavy (non-hydrogen) atoms. The molecule has 80 valence electrons. The Morgan fingerprint density at radius 3 is 2.38 bits per heavy atom. The smallest absolute Gasteiger partial charge is 0.211 e. The SMILES string of the molecule is CCCS(=O)(=O)NC(CC)CCCl. The first-order chi connectivity index (χ1) is 6.05. The predicted octanol–water partition coefficient (Wildman–Crippen LogP) is 1.72. The molecule has 0 bridgehead atoms. The fourth-order valence-corrected chi connectivity index (χ4v) is 2.77. The first-order valence-corrected chi connectivity index (χ1v) is 6.80. The summed E-state index contributed by atoms with van der Waals surface area (Å²) in [6.45, 7) is 3.80. The molecular formula is C8H18ClNO2S. The molecule has 0 aliphatic heterocycles. The Balaban J connectivity index is 4.06. The summed E-state index contributed by atoms with van der Waals surface area (Å²) in [7, 11) is -3.07. The molecule has 1 unspecified atom stereocenters. The monoisotopic (exact) mass is 227 g/mol. The van der Waals surface area contributed by atoms with Crippen LogP contribution < -0.4 is 4.72 Å². The van der Waals surface area contributed by atoms with Gasteiger partial charge < -0.3 is 0 Å². The van der Waals surface area contributed by atoms with Crippen molar-refractivity contribution in [3.8, 4) is 0 Å². The Labute approximate surface area is 85.9 Å². The van der Waals surface area contributed by atoms with Crippen LogP contribution in [0.2, 0.25) is 0 Å². The van der Waals surface area contributed by atoms with Crippen LogP contribution in [0.1, 0.15) is 33.1 Å². The lowest BCUT2D eigenvalue weighted by molar-refractivity contribution is 0.531. The van der Waals surface area contributed by atoms with Crippen molar-refractivity contribution in [2.75, 3.05) is 11.6 Å². The summed E-state index contributed by atoms with van der Waals surface area (Å²) in [5.41, 5.74) is 0. The van der Waals surface area contributed by atoms with E-state index < -0.39 is 10.0 Å². The summed E-state index contributed by atoms with van der Waals surface area (Å²) in [6, 6.07) is -0.00551. The zero-order valence-electron chi connectivity index (χ0n) is 8.22. The lowest BCUT2D eigenvalue weighted by Gasteiger charge is -2.15. The van der Waals surface area contributed by atoms with Crippen LogP contribution in [-0.2, 0) is 10.0 Å². The Morgan fingerprint density at radius 2 is 2.00 bits per heavy atom. The normalized spacial score (nSPS) is 14.4. The second-order valence-electron chi connectivity index (χ2n) is 3.02. The fourth-order valence-electron chi connectivity index (χ4n) is 1.06. The summed E-state index contributed by atoms with van der Waals surface area (Å²) in [5, 5.41) is 0. The second kappa shape index (κ2) is 6.62. The number of hydrogen-bond donors (Lipinski definition) is 1. The van der Waals surface area contributed by atoms with Crippen LogP contribution in [0.15, 0.2) is 0 Å². The minimum atomic E-state index is -3.07. The lowest BCUT2D eigenvalue weighted by atomic mass is 10.2. The number of alkyl halides is 1. The van der Waals surface area contributed by atoms with E-state index in [2.05, 4.69) is 4.72 Å². The van der Waals surface area contributed by atoms with E-state index >= 15 is 0 Å². The average Bonchev–Trinajstić information content (AvgIpc) is 2.03. The van der Waals surface area contributed by atoms with Gasteiger partial charge in [0.25, 0.3) is 0 Å². The van der Waals surface area contributed by atoms with Crippen molar-refractivity contribution in [3.63, 3.8) is 0 Å². The summed E-state index contributed by atoms with van der Waals surface area (Å²) in [5.74, 6) is 0.693. The van der Waals surface area contributed by atoms with Crippen LogP contribution in [0.5, 0.6) is 0 Å². The molecule has 1 atom stereocenters. The molecule has 0 saturated carbocycles. The first-order valence-electron chi connectivity index (χ1n) is 4.61. The Morgan fingerprint density at radius 1 is 1.38 bits per heavy atom. The van der Waals surface area contributed by atoms with Crippen molar-refractivity contribution in [2.45, 2.75) is 39.2 Å². The fraction of sp³-hybridized carbons (Fsp3) is 1.00. The predicted molar refractivity (Wildman–Crippen MR) is 56.6 cm³/mol.